The molecular formula is C19H19ClN2O4S. The zero-order chi connectivity index (χ0) is 19.8. The van der Waals surface area contributed by atoms with E-state index in [1.165, 1.54) is 18.2 Å². The number of carbonyl (C=O) groups is 2. The van der Waals surface area contributed by atoms with Crippen molar-refractivity contribution in [2.24, 2.45) is 0 Å². The standard InChI is InChI=1S/C19H19ClN2O4S/c1-3-16(12-6-5-7-14(20)10-12)21-18(23)13-8-9-15-17(11-13)27(25,26)22(4-2)19(15)24/h5-11,16H,3-4H2,1-2H3,(H,21,23). The number of benzene rings is 2. The highest BCUT2D eigenvalue weighted by atomic mass is 35.5. The van der Waals surface area contributed by atoms with Gasteiger partial charge in [-0.2, -0.15) is 0 Å². The van der Waals surface area contributed by atoms with Crippen molar-refractivity contribution in [3.8, 4) is 0 Å². The molecule has 6 nitrogen and oxygen atoms in total. The van der Waals surface area contributed by atoms with Gasteiger partial charge in [0.25, 0.3) is 21.8 Å². The Balaban J connectivity index is 1.90. The number of carbonyl (C=O) groups excluding carboxylic acids is 2. The molecule has 0 saturated carbocycles. The van der Waals surface area contributed by atoms with Gasteiger partial charge in [-0.15, -0.1) is 0 Å². The summed E-state index contributed by atoms with van der Waals surface area (Å²) in [5, 5.41) is 3.46. The molecule has 0 aliphatic carbocycles. The molecule has 0 spiro atoms. The maximum absolute atomic E-state index is 12.7. The van der Waals surface area contributed by atoms with Gasteiger partial charge < -0.3 is 5.32 Å². The molecule has 1 unspecified atom stereocenters. The largest absolute Gasteiger partial charge is 0.345 e. The minimum atomic E-state index is -3.91. The molecular weight excluding hydrogens is 388 g/mol. The van der Waals surface area contributed by atoms with Crippen LogP contribution in [0.4, 0.5) is 0 Å². The van der Waals surface area contributed by atoms with Gasteiger partial charge in [0, 0.05) is 17.1 Å². The third kappa shape index (κ3) is 3.44. The number of nitrogens with zero attached hydrogens (tertiary/aromatic N) is 1. The summed E-state index contributed by atoms with van der Waals surface area (Å²) in [4.78, 5) is 24.8. The lowest BCUT2D eigenvalue weighted by atomic mass is 10.0. The first-order valence-electron chi connectivity index (χ1n) is 8.57. The molecule has 1 heterocycles. The molecule has 2 aromatic rings. The van der Waals surface area contributed by atoms with Crippen LogP contribution >= 0.6 is 11.6 Å². The summed E-state index contributed by atoms with van der Waals surface area (Å²) >= 11 is 6.02. The zero-order valence-corrected chi connectivity index (χ0v) is 16.5. The molecule has 1 atom stereocenters. The monoisotopic (exact) mass is 406 g/mol. The summed E-state index contributed by atoms with van der Waals surface area (Å²) in [6.45, 7) is 3.56. The van der Waals surface area contributed by atoms with Crippen LogP contribution < -0.4 is 5.32 Å². The Kier molecular flexibility index (Phi) is 5.26. The predicted octanol–water partition coefficient (Wildman–Crippen LogP) is 3.39. The molecule has 142 valence electrons. The van der Waals surface area contributed by atoms with Crippen LogP contribution in [-0.4, -0.2) is 31.1 Å². The van der Waals surface area contributed by atoms with Crippen LogP contribution in [0.3, 0.4) is 0 Å². The van der Waals surface area contributed by atoms with Gasteiger partial charge >= 0.3 is 0 Å². The van der Waals surface area contributed by atoms with Gasteiger partial charge in [-0.1, -0.05) is 30.7 Å². The van der Waals surface area contributed by atoms with Gasteiger partial charge in [0.2, 0.25) is 0 Å². The Morgan fingerprint density at radius 2 is 1.93 bits per heavy atom. The highest BCUT2D eigenvalue weighted by Gasteiger charge is 2.40. The van der Waals surface area contributed by atoms with Crippen molar-refractivity contribution < 1.29 is 18.0 Å². The van der Waals surface area contributed by atoms with Gasteiger partial charge in [-0.25, -0.2) is 12.7 Å². The van der Waals surface area contributed by atoms with Crippen LogP contribution in [0.25, 0.3) is 0 Å². The van der Waals surface area contributed by atoms with E-state index in [1.54, 1.807) is 25.1 Å². The number of hydrogen-bond acceptors (Lipinski definition) is 4. The molecule has 0 saturated heterocycles. The fraction of sp³-hybridized carbons (Fsp3) is 0.263. The average Bonchev–Trinajstić information content (AvgIpc) is 2.84. The predicted molar refractivity (Wildman–Crippen MR) is 102 cm³/mol. The van der Waals surface area contributed by atoms with Gasteiger partial charge in [0.15, 0.2) is 0 Å². The molecule has 3 rings (SSSR count). The summed E-state index contributed by atoms with van der Waals surface area (Å²) in [6.07, 6.45) is 0.636. The van der Waals surface area contributed by atoms with E-state index in [-0.39, 0.29) is 28.6 Å². The summed E-state index contributed by atoms with van der Waals surface area (Å²) in [5.74, 6) is -0.980. The van der Waals surface area contributed by atoms with Crippen LogP contribution in [0.15, 0.2) is 47.4 Å². The Morgan fingerprint density at radius 3 is 2.56 bits per heavy atom. The number of fused-ring (bicyclic) bond motifs is 1. The van der Waals surface area contributed by atoms with E-state index in [0.29, 0.717) is 11.4 Å². The van der Waals surface area contributed by atoms with Crippen molar-refractivity contribution in [3.63, 3.8) is 0 Å². The number of nitrogens with one attached hydrogen (secondary N) is 1. The SMILES string of the molecule is CCC(NC(=O)c1ccc2c(c1)S(=O)(=O)N(CC)C2=O)c1cccc(Cl)c1. The van der Waals surface area contributed by atoms with Crippen LogP contribution in [0.2, 0.25) is 5.02 Å². The fourth-order valence-electron chi connectivity index (χ4n) is 3.12. The van der Waals surface area contributed by atoms with Crippen molar-refractivity contribution in [1.29, 1.82) is 0 Å². The van der Waals surface area contributed by atoms with Crippen LogP contribution in [0.5, 0.6) is 0 Å². The highest BCUT2D eigenvalue weighted by Crippen LogP contribution is 2.31. The third-order valence-corrected chi connectivity index (χ3v) is 6.65. The Morgan fingerprint density at radius 1 is 1.19 bits per heavy atom. The second-order valence-corrected chi connectivity index (χ2v) is 8.44. The molecule has 1 aliphatic heterocycles. The quantitative estimate of drug-likeness (QED) is 0.824. The van der Waals surface area contributed by atoms with Crippen molar-refractivity contribution >= 4 is 33.4 Å². The molecule has 0 radical (unpaired) electrons. The van der Waals surface area contributed by atoms with Crippen LogP contribution in [0, 0.1) is 0 Å². The van der Waals surface area contributed by atoms with E-state index in [2.05, 4.69) is 5.32 Å². The number of rotatable bonds is 5. The topological polar surface area (TPSA) is 83.6 Å². The summed E-state index contributed by atoms with van der Waals surface area (Å²) in [6, 6.07) is 11.0. The van der Waals surface area contributed by atoms with E-state index in [1.807, 2.05) is 13.0 Å². The lowest BCUT2D eigenvalue weighted by Gasteiger charge is -2.18. The van der Waals surface area contributed by atoms with Gasteiger partial charge in [-0.05, 0) is 49.2 Å². The fourth-order valence-corrected chi connectivity index (χ4v) is 4.92. The molecule has 0 fully saturated rings. The third-order valence-electron chi connectivity index (χ3n) is 4.52. The molecule has 1 aliphatic rings. The first-order valence-corrected chi connectivity index (χ1v) is 10.4. The molecule has 2 aromatic carbocycles. The van der Waals surface area contributed by atoms with E-state index < -0.39 is 21.8 Å². The van der Waals surface area contributed by atoms with E-state index in [9.17, 15) is 18.0 Å². The molecule has 2 amide bonds. The van der Waals surface area contributed by atoms with Crippen LogP contribution in [0.1, 0.15) is 52.6 Å². The lowest BCUT2D eigenvalue weighted by molar-refractivity contribution is 0.0873. The van der Waals surface area contributed by atoms with Gasteiger partial charge in [0.1, 0.15) is 4.90 Å². The Labute approximate surface area is 163 Å². The van der Waals surface area contributed by atoms with E-state index >= 15 is 0 Å². The lowest BCUT2D eigenvalue weighted by Crippen LogP contribution is -2.29. The second-order valence-electron chi connectivity index (χ2n) is 6.18. The van der Waals surface area contributed by atoms with E-state index in [4.69, 9.17) is 11.6 Å². The van der Waals surface area contributed by atoms with Gasteiger partial charge in [-0.3, -0.25) is 9.59 Å². The minimum absolute atomic E-state index is 0.0457. The summed E-state index contributed by atoms with van der Waals surface area (Å²) in [7, 11) is -3.91. The number of amides is 2. The molecule has 1 N–H and O–H groups in total. The number of hydrogen-bond donors (Lipinski definition) is 1. The van der Waals surface area contributed by atoms with E-state index in [0.717, 1.165) is 9.87 Å². The zero-order valence-electron chi connectivity index (χ0n) is 14.9. The Hall–Kier alpha value is -2.38. The summed E-state index contributed by atoms with van der Waals surface area (Å²) in [5.41, 5.74) is 1.14. The molecule has 0 bridgehead atoms. The van der Waals surface area contributed by atoms with Gasteiger partial charge in [0.05, 0.1) is 11.6 Å². The first-order chi connectivity index (χ1) is 12.8. The molecule has 8 heteroatoms. The molecule has 0 aromatic heterocycles. The van der Waals surface area contributed by atoms with Crippen LogP contribution in [-0.2, 0) is 10.0 Å². The van der Waals surface area contributed by atoms with Crippen molar-refractivity contribution in [2.45, 2.75) is 31.2 Å². The first kappa shape index (κ1) is 19.4. The minimum Gasteiger partial charge on any atom is -0.345 e. The average molecular weight is 407 g/mol. The maximum atomic E-state index is 12.7. The smallest absolute Gasteiger partial charge is 0.268 e. The maximum Gasteiger partial charge on any atom is 0.268 e. The van der Waals surface area contributed by atoms with Crippen molar-refractivity contribution in [3.05, 3.63) is 64.2 Å². The number of halogens is 1. The number of sulfonamides is 1. The normalized spacial score (nSPS) is 16.1. The van der Waals surface area contributed by atoms with Crippen molar-refractivity contribution in [1.82, 2.24) is 9.62 Å². The highest BCUT2D eigenvalue weighted by molar-refractivity contribution is 7.90. The molecule has 27 heavy (non-hydrogen) atoms. The summed E-state index contributed by atoms with van der Waals surface area (Å²) < 4.78 is 25.8. The van der Waals surface area contributed by atoms with Crippen molar-refractivity contribution in [2.75, 3.05) is 6.54 Å². The second kappa shape index (κ2) is 7.32. The Bertz CT molecular complexity index is 1020.